The number of carbonyl (C=O) groups is 2. The summed E-state index contributed by atoms with van der Waals surface area (Å²) in [6, 6.07) is 18.0. The van der Waals surface area contributed by atoms with Gasteiger partial charge in [0.1, 0.15) is 12.6 Å². The Morgan fingerprint density at radius 1 is 0.872 bits per heavy atom. The fraction of sp³-hybridized carbons (Fsp3) is 0.286. The molecule has 3 aromatic rings. The van der Waals surface area contributed by atoms with Gasteiger partial charge in [-0.1, -0.05) is 78.1 Å². The third-order valence-corrected chi connectivity index (χ3v) is 9.16. The minimum atomic E-state index is -4.20. The minimum Gasteiger partial charge on any atom is -0.352 e. The molecule has 1 N–H and O–H groups in total. The largest absolute Gasteiger partial charge is 0.352 e. The molecule has 0 aromatic heterocycles. The van der Waals surface area contributed by atoms with Crippen molar-refractivity contribution >= 4 is 62.3 Å². The van der Waals surface area contributed by atoms with Gasteiger partial charge in [0, 0.05) is 17.6 Å². The van der Waals surface area contributed by atoms with E-state index in [-0.39, 0.29) is 39.1 Å². The molecule has 2 unspecified atom stereocenters. The Hall–Kier alpha value is -2.78. The zero-order valence-electron chi connectivity index (χ0n) is 21.8. The van der Waals surface area contributed by atoms with E-state index in [1.165, 1.54) is 35.2 Å². The van der Waals surface area contributed by atoms with Crippen LogP contribution < -0.4 is 9.62 Å². The average Bonchev–Trinajstić information content (AvgIpc) is 2.92. The third-order valence-electron chi connectivity index (χ3n) is 6.27. The van der Waals surface area contributed by atoms with E-state index in [1.807, 2.05) is 13.8 Å². The number of sulfonamides is 1. The van der Waals surface area contributed by atoms with Crippen molar-refractivity contribution in [3.63, 3.8) is 0 Å². The fourth-order valence-electron chi connectivity index (χ4n) is 3.75. The van der Waals surface area contributed by atoms with E-state index in [4.69, 9.17) is 34.8 Å². The lowest BCUT2D eigenvalue weighted by atomic mass is 10.1. The van der Waals surface area contributed by atoms with Crippen LogP contribution in [0.5, 0.6) is 0 Å². The molecule has 0 heterocycles. The summed E-state index contributed by atoms with van der Waals surface area (Å²) in [6.45, 7) is 4.80. The molecular formula is C28H30Cl3N3O4S. The third kappa shape index (κ3) is 7.66. The molecule has 0 saturated heterocycles. The predicted molar refractivity (Wildman–Crippen MR) is 157 cm³/mol. The zero-order valence-corrected chi connectivity index (χ0v) is 24.9. The topological polar surface area (TPSA) is 86.8 Å². The van der Waals surface area contributed by atoms with Gasteiger partial charge in [-0.05, 0) is 62.2 Å². The van der Waals surface area contributed by atoms with Crippen LogP contribution in [0.25, 0.3) is 0 Å². The Kier molecular flexibility index (Phi) is 10.7. The Labute approximate surface area is 244 Å². The smallest absolute Gasteiger partial charge is 0.264 e. The van der Waals surface area contributed by atoms with Crippen molar-refractivity contribution in [1.29, 1.82) is 0 Å². The van der Waals surface area contributed by atoms with Gasteiger partial charge in [0.2, 0.25) is 11.8 Å². The van der Waals surface area contributed by atoms with Crippen molar-refractivity contribution in [3.05, 3.63) is 93.4 Å². The SMILES string of the molecule is CCC(C)NC(=O)C(C)N(Cc1ccccc1Cl)C(=O)CN(c1ccc(Cl)c(Cl)c1)S(=O)(=O)c1ccccc1. The molecule has 39 heavy (non-hydrogen) atoms. The summed E-state index contributed by atoms with van der Waals surface area (Å²) >= 11 is 18.7. The van der Waals surface area contributed by atoms with Gasteiger partial charge in [-0.25, -0.2) is 8.42 Å². The predicted octanol–water partition coefficient (Wildman–Crippen LogP) is 6.17. The normalized spacial score (nSPS) is 12.9. The molecule has 0 spiro atoms. The molecule has 0 aliphatic rings. The molecule has 7 nitrogen and oxygen atoms in total. The first-order chi connectivity index (χ1) is 18.4. The monoisotopic (exact) mass is 609 g/mol. The van der Waals surface area contributed by atoms with Crippen LogP contribution in [0.15, 0.2) is 77.7 Å². The first-order valence-electron chi connectivity index (χ1n) is 12.3. The molecule has 208 valence electrons. The summed E-state index contributed by atoms with van der Waals surface area (Å²) in [6.07, 6.45) is 0.706. The van der Waals surface area contributed by atoms with Crippen molar-refractivity contribution < 1.29 is 18.0 Å². The highest BCUT2D eigenvalue weighted by Gasteiger charge is 2.33. The van der Waals surface area contributed by atoms with E-state index in [0.29, 0.717) is 17.0 Å². The average molecular weight is 611 g/mol. The van der Waals surface area contributed by atoms with E-state index < -0.39 is 28.5 Å². The first kappa shape index (κ1) is 30.8. The maximum atomic E-state index is 13.9. The number of nitrogens with one attached hydrogen (secondary N) is 1. The fourth-order valence-corrected chi connectivity index (χ4v) is 5.66. The van der Waals surface area contributed by atoms with Crippen LogP contribution in [0.3, 0.4) is 0 Å². The van der Waals surface area contributed by atoms with Crippen molar-refractivity contribution in [1.82, 2.24) is 10.2 Å². The minimum absolute atomic E-state index is 0.00576. The molecule has 0 aliphatic heterocycles. The van der Waals surface area contributed by atoms with Gasteiger partial charge >= 0.3 is 0 Å². The number of rotatable bonds is 11. The molecular weight excluding hydrogens is 581 g/mol. The summed E-state index contributed by atoms with van der Waals surface area (Å²) in [4.78, 5) is 28.3. The van der Waals surface area contributed by atoms with Crippen LogP contribution in [-0.4, -0.2) is 43.8 Å². The van der Waals surface area contributed by atoms with E-state index in [1.54, 1.807) is 49.4 Å². The van der Waals surface area contributed by atoms with Gasteiger partial charge in [0.25, 0.3) is 10.0 Å². The van der Waals surface area contributed by atoms with Crippen LogP contribution in [0.1, 0.15) is 32.8 Å². The molecule has 0 bridgehead atoms. The van der Waals surface area contributed by atoms with Crippen LogP contribution in [-0.2, 0) is 26.2 Å². The molecule has 0 fully saturated rings. The van der Waals surface area contributed by atoms with Crippen LogP contribution in [0.2, 0.25) is 15.1 Å². The zero-order chi connectivity index (χ0) is 28.7. The second-order valence-corrected chi connectivity index (χ2v) is 12.1. The van der Waals surface area contributed by atoms with Crippen LogP contribution in [0, 0.1) is 0 Å². The van der Waals surface area contributed by atoms with Crippen LogP contribution >= 0.6 is 34.8 Å². The summed E-state index contributed by atoms with van der Waals surface area (Å²) in [5.74, 6) is -0.968. The van der Waals surface area contributed by atoms with E-state index in [9.17, 15) is 18.0 Å². The van der Waals surface area contributed by atoms with E-state index in [0.717, 1.165) is 4.31 Å². The van der Waals surface area contributed by atoms with Crippen molar-refractivity contribution in [2.45, 2.75) is 50.7 Å². The molecule has 3 aromatic carbocycles. The second-order valence-electron chi connectivity index (χ2n) is 9.03. The number of carbonyl (C=O) groups excluding carboxylic acids is 2. The van der Waals surface area contributed by atoms with Gasteiger partial charge in [-0.2, -0.15) is 0 Å². The van der Waals surface area contributed by atoms with Gasteiger partial charge < -0.3 is 10.2 Å². The van der Waals surface area contributed by atoms with Crippen molar-refractivity contribution in [2.75, 3.05) is 10.8 Å². The Bertz CT molecular complexity index is 1420. The van der Waals surface area contributed by atoms with E-state index in [2.05, 4.69) is 5.32 Å². The Morgan fingerprint density at radius 3 is 2.13 bits per heavy atom. The molecule has 2 amide bonds. The molecule has 11 heteroatoms. The number of anilines is 1. The maximum absolute atomic E-state index is 13.9. The second kappa shape index (κ2) is 13.5. The van der Waals surface area contributed by atoms with Gasteiger partial charge in [0.05, 0.1) is 20.6 Å². The van der Waals surface area contributed by atoms with Gasteiger partial charge in [-0.15, -0.1) is 0 Å². The Morgan fingerprint density at radius 2 is 1.51 bits per heavy atom. The van der Waals surface area contributed by atoms with Crippen molar-refractivity contribution in [3.8, 4) is 0 Å². The lowest BCUT2D eigenvalue weighted by molar-refractivity contribution is -0.139. The van der Waals surface area contributed by atoms with E-state index >= 15 is 0 Å². The highest BCUT2D eigenvalue weighted by Crippen LogP contribution is 2.31. The number of hydrogen-bond donors (Lipinski definition) is 1. The lowest BCUT2D eigenvalue weighted by Gasteiger charge is -2.32. The van der Waals surface area contributed by atoms with Crippen molar-refractivity contribution in [2.24, 2.45) is 0 Å². The molecule has 0 aliphatic carbocycles. The molecule has 3 rings (SSSR count). The summed E-state index contributed by atoms with van der Waals surface area (Å²) in [7, 11) is -4.20. The number of halogens is 3. The summed E-state index contributed by atoms with van der Waals surface area (Å²) in [5, 5.41) is 3.67. The maximum Gasteiger partial charge on any atom is 0.264 e. The molecule has 2 atom stereocenters. The van der Waals surface area contributed by atoms with Gasteiger partial charge in [0.15, 0.2) is 0 Å². The van der Waals surface area contributed by atoms with Gasteiger partial charge in [-0.3, -0.25) is 13.9 Å². The molecule has 0 saturated carbocycles. The summed E-state index contributed by atoms with van der Waals surface area (Å²) < 4.78 is 28.5. The molecule has 0 radical (unpaired) electrons. The highest BCUT2D eigenvalue weighted by atomic mass is 35.5. The number of nitrogens with zero attached hydrogens (tertiary/aromatic N) is 2. The number of hydrogen-bond acceptors (Lipinski definition) is 4. The standard InChI is InChI=1S/C28H30Cl3N3O4S/c1-4-19(2)32-28(36)20(3)33(17-21-10-8-9-13-24(21)29)27(35)18-34(22-14-15-25(30)26(31)16-22)39(37,38)23-11-6-5-7-12-23/h5-16,19-20H,4,17-18H2,1-3H3,(H,32,36). The highest BCUT2D eigenvalue weighted by molar-refractivity contribution is 7.92. The quantitative estimate of drug-likeness (QED) is 0.281. The number of benzene rings is 3. The lowest BCUT2D eigenvalue weighted by Crippen LogP contribution is -2.52. The Balaban J connectivity index is 2.05. The summed E-state index contributed by atoms with van der Waals surface area (Å²) in [5.41, 5.74) is 0.763. The van der Waals surface area contributed by atoms with Crippen LogP contribution in [0.4, 0.5) is 5.69 Å². The first-order valence-corrected chi connectivity index (χ1v) is 14.9. The number of amides is 2.